The smallest absolute Gasteiger partial charge is 0.338 e. The zero-order valence-corrected chi connectivity index (χ0v) is 16.8. The second-order valence-corrected chi connectivity index (χ2v) is 7.95. The summed E-state index contributed by atoms with van der Waals surface area (Å²) in [4.78, 5) is 33.3. The van der Waals surface area contributed by atoms with Crippen molar-refractivity contribution in [3.05, 3.63) is 52.2 Å². The third-order valence-electron chi connectivity index (χ3n) is 5.95. The molecule has 8 nitrogen and oxygen atoms in total. The molecule has 1 saturated heterocycles. The van der Waals surface area contributed by atoms with Crippen molar-refractivity contribution in [2.24, 2.45) is 7.05 Å². The van der Waals surface area contributed by atoms with Crippen molar-refractivity contribution in [3.8, 4) is 0 Å². The number of likely N-dealkylation sites (tertiary alicyclic amines) is 1. The Kier molecular flexibility index (Phi) is 4.52. The topological polar surface area (TPSA) is 75.7 Å². The van der Waals surface area contributed by atoms with Crippen LogP contribution in [0, 0.1) is 0 Å². The lowest BCUT2D eigenvalue weighted by atomic mass is 10.0. The lowest BCUT2D eigenvalue weighted by Crippen LogP contribution is -2.39. The Hall–Kier alpha value is -3.23. The monoisotopic (exact) mass is 410 g/mol. The summed E-state index contributed by atoms with van der Waals surface area (Å²) in [6.07, 6.45) is 5.10. The van der Waals surface area contributed by atoms with Crippen molar-refractivity contribution < 1.29 is 9.18 Å². The highest BCUT2D eigenvalue weighted by Crippen LogP contribution is 2.32. The van der Waals surface area contributed by atoms with Crippen LogP contribution in [0.1, 0.15) is 35.2 Å². The van der Waals surface area contributed by atoms with Crippen molar-refractivity contribution in [2.45, 2.75) is 31.9 Å². The molecule has 0 N–H and O–H groups in total. The van der Waals surface area contributed by atoms with E-state index in [0.717, 1.165) is 36.5 Å². The molecule has 30 heavy (non-hydrogen) atoms. The maximum Gasteiger partial charge on any atom is 0.350 e. The lowest BCUT2D eigenvalue weighted by Gasteiger charge is -2.31. The van der Waals surface area contributed by atoms with Crippen LogP contribution in [-0.4, -0.2) is 55.8 Å². The summed E-state index contributed by atoms with van der Waals surface area (Å²) < 4.78 is 16.2. The Bertz CT molecular complexity index is 1180. The van der Waals surface area contributed by atoms with Gasteiger partial charge in [0.2, 0.25) is 0 Å². The molecule has 0 saturated carbocycles. The van der Waals surface area contributed by atoms with Gasteiger partial charge in [-0.05, 0) is 43.4 Å². The van der Waals surface area contributed by atoms with Gasteiger partial charge in [-0.2, -0.15) is 5.10 Å². The van der Waals surface area contributed by atoms with Gasteiger partial charge in [-0.15, -0.1) is 0 Å². The quantitative estimate of drug-likeness (QED) is 0.647. The Morgan fingerprint density at radius 1 is 1.20 bits per heavy atom. The first-order valence-corrected chi connectivity index (χ1v) is 10.3. The molecular weight excluding hydrogens is 387 g/mol. The molecule has 5 heterocycles. The number of aromatic nitrogens is 4. The largest absolute Gasteiger partial charge is 0.350 e. The molecule has 5 rings (SSSR count). The SMILES string of the molecule is Cn1nc2cc(N3CCCc4cc(C(=O)N5CCC(F)CC5)cnc43)ccn2c1=O. The molecule has 156 valence electrons. The number of fused-ring (bicyclic) bond motifs is 2. The van der Waals surface area contributed by atoms with E-state index in [-0.39, 0.29) is 11.6 Å². The Morgan fingerprint density at radius 2 is 2.00 bits per heavy atom. The second-order valence-electron chi connectivity index (χ2n) is 7.95. The molecule has 0 aromatic carbocycles. The zero-order valence-electron chi connectivity index (χ0n) is 16.8. The van der Waals surface area contributed by atoms with Gasteiger partial charge in [-0.25, -0.2) is 18.9 Å². The minimum absolute atomic E-state index is 0.0800. The molecule has 0 aliphatic carbocycles. The number of pyridine rings is 2. The van der Waals surface area contributed by atoms with E-state index < -0.39 is 6.17 Å². The van der Waals surface area contributed by atoms with Crippen LogP contribution in [0.2, 0.25) is 0 Å². The molecule has 1 fully saturated rings. The van der Waals surface area contributed by atoms with Gasteiger partial charge in [0.15, 0.2) is 5.65 Å². The van der Waals surface area contributed by atoms with E-state index in [1.807, 2.05) is 18.2 Å². The highest BCUT2D eigenvalue weighted by molar-refractivity contribution is 5.94. The van der Waals surface area contributed by atoms with Crippen molar-refractivity contribution in [3.63, 3.8) is 0 Å². The second kappa shape index (κ2) is 7.23. The summed E-state index contributed by atoms with van der Waals surface area (Å²) in [5, 5.41) is 4.26. The Labute approximate surface area is 172 Å². The minimum Gasteiger partial charge on any atom is -0.338 e. The minimum atomic E-state index is -0.809. The molecule has 1 amide bonds. The normalized spacial score (nSPS) is 17.4. The van der Waals surface area contributed by atoms with Crippen molar-refractivity contribution in [2.75, 3.05) is 24.5 Å². The summed E-state index contributed by atoms with van der Waals surface area (Å²) in [7, 11) is 1.63. The van der Waals surface area contributed by atoms with E-state index in [0.29, 0.717) is 37.1 Å². The van der Waals surface area contributed by atoms with Crippen LogP contribution in [0.3, 0.4) is 0 Å². The number of carbonyl (C=O) groups excluding carboxylic acids is 1. The highest BCUT2D eigenvalue weighted by atomic mass is 19.1. The zero-order chi connectivity index (χ0) is 20.8. The van der Waals surface area contributed by atoms with Crippen molar-refractivity contribution in [1.82, 2.24) is 24.1 Å². The van der Waals surface area contributed by atoms with Gasteiger partial charge in [-0.1, -0.05) is 0 Å². The predicted molar refractivity (Wildman–Crippen MR) is 110 cm³/mol. The fraction of sp³-hybridized carbons (Fsp3) is 0.429. The molecule has 2 aliphatic rings. The number of halogens is 1. The van der Waals surface area contributed by atoms with E-state index in [4.69, 9.17) is 0 Å². The molecule has 3 aromatic heterocycles. The molecular formula is C21H23FN6O2. The number of carbonyl (C=O) groups is 1. The van der Waals surface area contributed by atoms with E-state index in [2.05, 4.69) is 15.0 Å². The number of anilines is 2. The van der Waals surface area contributed by atoms with Crippen LogP contribution >= 0.6 is 0 Å². The van der Waals surface area contributed by atoms with Crippen LogP contribution in [-0.2, 0) is 13.5 Å². The Morgan fingerprint density at radius 3 is 2.80 bits per heavy atom. The fourth-order valence-corrected chi connectivity index (χ4v) is 4.30. The third kappa shape index (κ3) is 3.14. The average molecular weight is 410 g/mol. The van der Waals surface area contributed by atoms with Gasteiger partial charge < -0.3 is 9.80 Å². The van der Waals surface area contributed by atoms with Gasteiger partial charge >= 0.3 is 5.69 Å². The number of alkyl halides is 1. The first-order chi connectivity index (χ1) is 14.5. The van der Waals surface area contributed by atoms with Crippen LogP contribution in [0.15, 0.2) is 35.4 Å². The van der Waals surface area contributed by atoms with Crippen LogP contribution in [0.25, 0.3) is 5.65 Å². The van der Waals surface area contributed by atoms with Gasteiger partial charge in [0.25, 0.3) is 5.91 Å². The van der Waals surface area contributed by atoms with Crippen molar-refractivity contribution >= 4 is 23.1 Å². The number of aryl methyl sites for hydroxylation is 2. The lowest BCUT2D eigenvalue weighted by molar-refractivity contribution is 0.0666. The number of hydrogen-bond acceptors (Lipinski definition) is 5. The molecule has 0 radical (unpaired) electrons. The third-order valence-corrected chi connectivity index (χ3v) is 5.95. The first kappa shape index (κ1) is 18.8. The van der Waals surface area contributed by atoms with Gasteiger partial charge in [-0.3, -0.25) is 9.20 Å². The van der Waals surface area contributed by atoms with E-state index >= 15 is 0 Å². The van der Waals surface area contributed by atoms with Gasteiger partial charge in [0.05, 0.1) is 5.56 Å². The van der Waals surface area contributed by atoms with Gasteiger partial charge in [0, 0.05) is 50.8 Å². The molecule has 0 unspecified atom stereocenters. The molecule has 2 aliphatic heterocycles. The predicted octanol–water partition coefficient (Wildman–Crippen LogP) is 2.09. The van der Waals surface area contributed by atoms with Crippen LogP contribution in [0.4, 0.5) is 15.9 Å². The van der Waals surface area contributed by atoms with Crippen LogP contribution < -0.4 is 10.6 Å². The van der Waals surface area contributed by atoms with E-state index in [1.165, 1.54) is 9.08 Å². The molecule has 0 spiro atoms. The fourth-order valence-electron chi connectivity index (χ4n) is 4.30. The van der Waals surface area contributed by atoms with Crippen LogP contribution in [0.5, 0.6) is 0 Å². The number of amides is 1. The first-order valence-electron chi connectivity index (χ1n) is 10.3. The maximum absolute atomic E-state index is 13.4. The molecule has 0 bridgehead atoms. The molecule has 3 aromatic rings. The van der Waals surface area contributed by atoms with Gasteiger partial charge in [0.1, 0.15) is 12.0 Å². The van der Waals surface area contributed by atoms with E-state index in [1.54, 1.807) is 24.3 Å². The summed E-state index contributed by atoms with van der Waals surface area (Å²) in [5.74, 6) is 0.742. The number of piperidine rings is 1. The molecule has 0 atom stereocenters. The standard InChI is InChI=1S/C21H23FN6O2/c1-25-21(30)28-10-6-17(12-18(28)24-25)27-7-2-3-14-11-15(13-23-19(14)27)20(29)26-8-4-16(22)5-9-26/h6,10-13,16H,2-5,7-9H2,1H3. The number of nitrogens with zero attached hydrogens (tertiary/aromatic N) is 6. The number of hydrogen-bond donors (Lipinski definition) is 0. The summed E-state index contributed by atoms with van der Waals surface area (Å²) >= 11 is 0. The number of rotatable bonds is 2. The summed E-state index contributed by atoms with van der Waals surface area (Å²) in [5.41, 5.74) is 2.87. The summed E-state index contributed by atoms with van der Waals surface area (Å²) in [6, 6.07) is 5.67. The maximum atomic E-state index is 13.4. The highest BCUT2D eigenvalue weighted by Gasteiger charge is 2.26. The average Bonchev–Trinajstić information content (AvgIpc) is 3.06. The molecule has 9 heteroatoms. The summed E-state index contributed by atoms with van der Waals surface area (Å²) in [6.45, 7) is 1.70. The van der Waals surface area contributed by atoms with Crippen molar-refractivity contribution in [1.29, 1.82) is 0 Å². The Balaban J connectivity index is 1.45. The van der Waals surface area contributed by atoms with E-state index in [9.17, 15) is 14.0 Å².